The Hall–Kier alpha value is -3.05. The van der Waals surface area contributed by atoms with Gasteiger partial charge in [-0.2, -0.15) is 0 Å². The molecule has 4 nitrogen and oxygen atoms in total. The number of aryl methyl sites for hydroxylation is 2. The van der Waals surface area contributed by atoms with Crippen molar-refractivity contribution in [3.63, 3.8) is 0 Å². The normalized spacial score (nSPS) is 11.6. The maximum Gasteiger partial charge on any atom is 0.252 e. The summed E-state index contributed by atoms with van der Waals surface area (Å²) < 4.78 is 0. The van der Waals surface area contributed by atoms with Crippen molar-refractivity contribution in [1.82, 2.24) is 5.32 Å². The summed E-state index contributed by atoms with van der Waals surface area (Å²) in [6.07, 6.45) is 0. The lowest BCUT2D eigenvalue weighted by Gasteiger charge is -2.17. The van der Waals surface area contributed by atoms with E-state index in [4.69, 9.17) is 0 Å². The van der Waals surface area contributed by atoms with Crippen LogP contribution in [0.3, 0.4) is 0 Å². The summed E-state index contributed by atoms with van der Waals surface area (Å²) in [4.78, 5) is 26.0. The summed E-state index contributed by atoms with van der Waals surface area (Å²) in [5, 5.41) is 5.96. The van der Waals surface area contributed by atoms with Crippen LogP contribution in [0.2, 0.25) is 0 Å². The minimum atomic E-state index is -0.146. The van der Waals surface area contributed by atoms with Gasteiger partial charge in [0, 0.05) is 10.6 Å². The lowest BCUT2D eigenvalue weighted by molar-refractivity contribution is -0.113. The van der Waals surface area contributed by atoms with E-state index in [0.717, 1.165) is 27.3 Å². The Bertz CT molecular complexity index is 1030. The zero-order chi connectivity index (χ0) is 21.5. The second kappa shape index (κ2) is 10.1. The third kappa shape index (κ3) is 5.74. The molecule has 0 saturated heterocycles. The maximum atomic E-state index is 12.9. The summed E-state index contributed by atoms with van der Waals surface area (Å²) in [6.45, 7) is 6.02. The molecule has 0 aliphatic rings. The first-order valence-corrected chi connectivity index (χ1v) is 10.9. The summed E-state index contributed by atoms with van der Waals surface area (Å²) in [5.41, 5.74) is 4.71. The van der Waals surface area contributed by atoms with Crippen molar-refractivity contribution in [2.75, 3.05) is 11.1 Å². The van der Waals surface area contributed by atoms with E-state index in [1.54, 1.807) is 6.07 Å². The highest BCUT2D eigenvalue weighted by atomic mass is 32.2. The van der Waals surface area contributed by atoms with E-state index in [-0.39, 0.29) is 23.6 Å². The number of thioether (sulfide) groups is 1. The SMILES string of the molecule is Cc1ccc(NC(=O)CSc2ccccc2C(=O)NC(C)c2ccccc2C)cc1. The largest absolute Gasteiger partial charge is 0.345 e. The number of hydrogen-bond donors (Lipinski definition) is 2. The molecule has 2 N–H and O–H groups in total. The predicted octanol–water partition coefficient (Wildman–Crippen LogP) is 5.53. The first kappa shape index (κ1) is 21.7. The van der Waals surface area contributed by atoms with Crippen LogP contribution in [0.15, 0.2) is 77.7 Å². The highest BCUT2D eigenvalue weighted by Gasteiger charge is 2.16. The molecule has 0 spiro atoms. The number of amides is 2. The van der Waals surface area contributed by atoms with Crippen molar-refractivity contribution in [3.8, 4) is 0 Å². The van der Waals surface area contributed by atoms with Crippen molar-refractivity contribution < 1.29 is 9.59 Å². The second-order valence-corrected chi connectivity index (χ2v) is 8.27. The third-order valence-corrected chi connectivity index (χ3v) is 5.90. The topological polar surface area (TPSA) is 58.2 Å². The van der Waals surface area contributed by atoms with Crippen LogP contribution in [0.5, 0.6) is 0 Å². The first-order chi connectivity index (χ1) is 14.4. The molecule has 0 heterocycles. The fourth-order valence-electron chi connectivity index (χ4n) is 3.18. The van der Waals surface area contributed by atoms with Gasteiger partial charge < -0.3 is 10.6 Å². The van der Waals surface area contributed by atoms with Gasteiger partial charge in [0.05, 0.1) is 17.4 Å². The Labute approximate surface area is 182 Å². The smallest absolute Gasteiger partial charge is 0.252 e. The number of nitrogens with one attached hydrogen (secondary N) is 2. The van der Waals surface area contributed by atoms with Crippen LogP contribution in [0.1, 0.15) is 40.0 Å². The number of hydrogen-bond acceptors (Lipinski definition) is 3. The Morgan fingerprint density at radius 3 is 2.30 bits per heavy atom. The van der Waals surface area contributed by atoms with Gasteiger partial charge in [-0.15, -0.1) is 11.8 Å². The molecular weight excluding hydrogens is 392 g/mol. The quantitative estimate of drug-likeness (QED) is 0.496. The summed E-state index contributed by atoms with van der Waals surface area (Å²) >= 11 is 1.36. The van der Waals surface area contributed by atoms with Crippen LogP contribution in [-0.2, 0) is 4.79 Å². The van der Waals surface area contributed by atoms with E-state index in [1.807, 2.05) is 87.5 Å². The van der Waals surface area contributed by atoms with E-state index in [9.17, 15) is 9.59 Å². The maximum absolute atomic E-state index is 12.9. The number of rotatable bonds is 7. The van der Waals surface area contributed by atoms with Gasteiger partial charge >= 0.3 is 0 Å². The molecule has 3 aromatic rings. The molecule has 0 bridgehead atoms. The van der Waals surface area contributed by atoms with E-state index in [2.05, 4.69) is 10.6 Å². The number of carbonyl (C=O) groups excluding carboxylic acids is 2. The minimum Gasteiger partial charge on any atom is -0.345 e. The van der Waals surface area contributed by atoms with Crippen molar-refractivity contribution >= 4 is 29.3 Å². The van der Waals surface area contributed by atoms with E-state index < -0.39 is 0 Å². The molecule has 1 atom stereocenters. The van der Waals surface area contributed by atoms with Crippen molar-refractivity contribution in [2.45, 2.75) is 31.7 Å². The van der Waals surface area contributed by atoms with Crippen molar-refractivity contribution in [2.24, 2.45) is 0 Å². The summed E-state index contributed by atoms with van der Waals surface area (Å²) in [6, 6.07) is 23.0. The van der Waals surface area contributed by atoms with Crippen molar-refractivity contribution in [1.29, 1.82) is 0 Å². The summed E-state index contributed by atoms with van der Waals surface area (Å²) in [7, 11) is 0. The number of carbonyl (C=O) groups is 2. The molecule has 0 aromatic heterocycles. The zero-order valence-corrected chi connectivity index (χ0v) is 18.3. The number of anilines is 1. The van der Waals surface area contributed by atoms with Crippen molar-refractivity contribution in [3.05, 3.63) is 95.1 Å². The highest BCUT2D eigenvalue weighted by molar-refractivity contribution is 8.00. The standard InChI is InChI=1S/C25H26N2O2S/c1-17-12-14-20(15-13-17)27-24(28)16-30-23-11-7-6-10-22(23)25(29)26-19(3)21-9-5-4-8-18(21)2/h4-15,19H,16H2,1-3H3,(H,26,29)(H,27,28). The second-order valence-electron chi connectivity index (χ2n) is 7.25. The molecular formula is C25H26N2O2S. The molecule has 1 unspecified atom stereocenters. The minimum absolute atomic E-state index is 0.104. The molecule has 154 valence electrons. The Kier molecular flexibility index (Phi) is 7.31. The Morgan fingerprint density at radius 1 is 0.900 bits per heavy atom. The average molecular weight is 419 g/mol. The van der Waals surface area contributed by atoms with Gasteiger partial charge in [0.1, 0.15) is 0 Å². The van der Waals surface area contributed by atoms with Gasteiger partial charge in [0.2, 0.25) is 5.91 Å². The number of benzene rings is 3. The molecule has 3 rings (SSSR count). The fourth-order valence-corrected chi connectivity index (χ4v) is 4.03. The lowest BCUT2D eigenvalue weighted by Crippen LogP contribution is -2.27. The fraction of sp³-hybridized carbons (Fsp3) is 0.200. The zero-order valence-electron chi connectivity index (χ0n) is 17.4. The molecule has 2 amide bonds. The van der Waals surface area contributed by atoms with E-state index >= 15 is 0 Å². The van der Waals surface area contributed by atoms with E-state index in [0.29, 0.717) is 5.56 Å². The van der Waals surface area contributed by atoms with Gasteiger partial charge in [-0.25, -0.2) is 0 Å². The van der Waals surface area contributed by atoms with Crippen LogP contribution in [0.4, 0.5) is 5.69 Å². The van der Waals surface area contributed by atoms with Crippen LogP contribution in [0, 0.1) is 13.8 Å². The monoisotopic (exact) mass is 418 g/mol. The molecule has 0 aliphatic carbocycles. The third-order valence-electron chi connectivity index (χ3n) is 4.83. The predicted molar refractivity (Wildman–Crippen MR) is 124 cm³/mol. The average Bonchev–Trinajstić information content (AvgIpc) is 2.74. The Balaban J connectivity index is 1.63. The molecule has 0 saturated carbocycles. The van der Waals surface area contributed by atoms with Gasteiger partial charge in [-0.05, 0) is 56.2 Å². The van der Waals surface area contributed by atoms with Crippen LogP contribution in [0.25, 0.3) is 0 Å². The highest BCUT2D eigenvalue weighted by Crippen LogP contribution is 2.24. The molecule has 0 aliphatic heterocycles. The summed E-state index contributed by atoms with van der Waals surface area (Å²) in [5.74, 6) is -0.0222. The van der Waals surface area contributed by atoms with Gasteiger partial charge in [0.25, 0.3) is 5.91 Å². The van der Waals surface area contributed by atoms with Crippen LogP contribution in [-0.4, -0.2) is 17.6 Å². The van der Waals surface area contributed by atoms with E-state index in [1.165, 1.54) is 11.8 Å². The van der Waals surface area contributed by atoms with Gasteiger partial charge in [-0.1, -0.05) is 54.1 Å². The molecule has 5 heteroatoms. The van der Waals surface area contributed by atoms with Crippen LogP contribution < -0.4 is 10.6 Å². The Morgan fingerprint density at radius 2 is 1.57 bits per heavy atom. The molecule has 30 heavy (non-hydrogen) atoms. The van der Waals surface area contributed by atoms with Gasteiger partial charge in [-0.3, -0.25) is 9.59 Å². The lowest BCUT2D eigenvalue weighted by atomic mass is 10.0. The van der Waals surface area contributed by atoms with Gasteiger partial charge in [0.15, 0.2) is 0 Å². The van der Waals surface area contributed by atoms with Crippen LogP contribution >= 0.6 is 11.8 Å². The molecule has 0 radical (unpaired) electrons. The first-order valence-electron chi connectivity index (χ1n) is 9.89. The molecule has 0 fully saturated rings. The molecule has 3 aromatic carbocycles.